The van der Waals surface area contributed by atoms with E-state index in [9.17, 15) is 0 Å². The number of nitrogens with one attached hydrogen (secondary N) is 2. The summed E-state index contributed by atoms with van der Waals surface area (Å²) < 4.78 is 0. The van der Waals surface area contributed by atoms with Gasteiger partial charge in [-0.25, -0.2) is 0 Å². The Hall–Kier alpha value is -2.07. The number of nitrogens with zero attached hydrogens (tertiary/aromatic N) is 2. The Morgan fingerprint density at radius 3 is 2.56 bits per heavy atom. The van der Waals surface area contributed by atoms with Crippen molar-refractivity contribution < 1.29 is 0 Å². The van der Waals surface area contributed by atoms with Crippen LogP contribution in [0.4, 0.5) is 0 Å². The van der Waals surface area contributed by atoms with E-state index in [2.05, 4.69) is 42.5 Å². The summed E-state index contributed by atoms with van der Waals surface area (Å²) in [5, 5.41) is 7.45. The second kappa shape index (κ2) is 9.42. The lowest BCUT2D eigenvalue weighted by atomic mass is 9.85. The molecule has 4 nitrogen and oxygen atoms in total. The molecule has 0 unspecified atom stereocenters. The second-order valence-electron chi connectivity index (χ2n) is 6.56. The van der Waals surface area contributed by atoms with Gasteiger partial charge in [0, 0.05) is 41.8 Å². The van der Waals surface area contributed by atoms with Crippen LogP contribution in [0.15, 0.2) is 53.7 Å². The zero-order chi connectivity index (χ0) is 18.1. The van der Waals surface area contributed by atoms with Crippen molar-refractivity contribution in [2.75, 3.05) is 19.6 Å². The lowest BCUT2D eigenvalue weighted by Crippen LogP contribution is -2.39. The maximum absolute atomic E-state index is 6.35. The third-order valence-electron chi connectivity index (χ3n) is 3.98. The highest BCUT2D eigenvalue weighted by atomic mass is 35.5. The van der Waals surface area contributed by atoms with Crippen molar-refractivity contribution in [2.45, 2.75) is 32.6 Å². The van der Waals surface area contributed by atoms with Gasteiger partial charge in [0.2, 0.25) is 0 Å². The third-order valence-corrected chi connectivity index (χ3v) is 4.31. The lowest BCUT2D eigenvalue weighted by molar-refractivity contribution is 0.537. The Kier molecular flexibility index (Phi) is 7.26. The fraction of sp³-hybridized carbons (Fsp3) is 0.400. The molecule has 0 aliphatic rings. The number of pyridine rings is 1. The Bertz CT molecular complexity index is 683. The van der Waals surface area contributed by atoms with Crippen LogP contribution in [-0.2, 0) is 11.8 Å². The summed E-state index contributed by atoms with van der Waals surface area (Å²) in [6.07, 6.45) is 2.68. The summed E-state index contributed by atoms with van der Waals surface area (Å²) in [6, 6.07) is 13.9. The molecule has 0 aliphatic heterocycles. The molecule has 0 saturated carbocycles. The minimum Gasteiger partial charge on any atom is -0.357 e. The normalized spacial score (nSPS) is 12.1. The smallest absolute Gasteiger partial charge is 0.191 e. The van der Waals surface area contributed by atoms with Crippen molar-refractivity contribution in [3.63, 3.8) is 0 Å². The summed E-state index contributed by atoms with van der Waals surface area (Å²) in [5.74, 6) is 0.818. The van der Waals surface area contributed by atoms with Crippen LogP contribution in [0.1, 0.15) is 32.0 Å². The number of aromatic nitrogens is 1. The molecule has 2 N–H and O–H groups in total. The van der Waals surface area contributed by atoms with Crippen molar-refractivity contribution in [1.82, 2.24) is 15.6 Å². The van der Waals surface area contributed by atoms with E-state index in [1.807, 2.05) is 42.6 Å². The van der Waals surface area contributed by atoms with Gasteiger partial charge in [0.1, 0.15) is 0 Å². The highest BCUT2D eigenvalue weighted by Gasteiger charge is 2.22. The van der Waals surface area contributed by atoms with Gasteiger partial charge in [-0.15, -0.1) is 0 Å². The monoisotopic (exact) mass is 358 g/mol. The zero-order valence-corrected chi connectivity index (χ0v) is 16.0. The molecule has 1 heterocycles. The van der Waals surface area contributed by atoms with Gasteiger partial charge in [0.25, 0.3) is 0 Å². The van der Waals surface area contributed by atoms with E-state index in [0.29, 0.717) is 6.54 Å². The molecule has 0 aliphatic carbocycles. The Labute approximate surface area is 155 Å². The summed E-state index contributed by atoms with van der Waals surface area (Å²) in [4.78, 5) is 9.09. The molecule has 134 valence electrons. The van der Waals surface area contributed by atoms with Crippen LogP contribution >= 0.6 is 11.6 Å². The standard InChI is InChI=1S/C20H27ClN4/c1-4-22-19(24-14-12-16-9-7-8-13-23-16)25-15-20(2,3)17-10-5-6-11-18(17)21/h5-11,13H,4,12,14-15H2,1-3H3,(H2,22,24,25). The van der Waals surface area contributed by atoms with Crippen LogP contribution in [0, 0.1) is 0 Å². The van der Waals surface area contributed by atoms with Crippen LogP contribution in [0.3, 0.4) is 0 Å². The van der Waals surface area contributed by atoms with Gasteiger partial charge in [-0.3, -0.25) is 9.98 Å². The molecule has 0 radical (unpaired) electrons. The number of guanidine groups is 1. The molecule has 25 heavy (non-hydrogen) atoms. The van der Waals surface area contributed by atoms with Crippen molar-refractivity contribution in [3.8, 4) is 0 Å². The van der Waals surface area contributed by atoms with Gasteiger partial charge in [-0.2, -0.15) is 0 Å². The first kappa shape index (κ1) is 19.3. The molecule has 0 spiro atoms. The van der Waals surface area contributed by atoms with E-state index >= 15 is 0 Å². The van der Waals surface area contributed by atoms with Gasteiger partial charge in [0.05, 0.1) is 6.54 Å². The van der Waals surface area contributed by atoms with Crippen LogP contribution < -0.4 is 10.6 Å². The van der Waals surface area contributed by atoms with Crippen molar-refractivity contribution in [3.05, 3.63) is 64.9 Å². The molecular formula is C20H27ClN4. The van der Waals surface area contributed by atoms with E-state index < -0.39 is 0 Å². The average Bonchev–Trinajstić information content (AvgIpc) is 2.61. The highest BCUT2D eigenvalue weighted by molar-refractivity contribution is 6.31. The SMILES string of the molecule is CCNC(=NCC(C)(C)c1ccccc1Cl)NCCc1ccccn1. The number of aliphatic imine (C=N–C) groups is 1. The highest BCUT2D eigenvalue weighted by Crippen LogP contribution is 2.29. The topological polar surface area (TPSA) is 49.3 Å². The largest absolute Gasteiger partial charge is 0.357 e. The molecular weight excluding hydrogens is 332 g/mol. The molecule has 0 fully saturated rings. The van der Waals surface area contributed by atoms with Gasteiger partial charge < -0.3 is 10.6 Å². The second-order valence-corrected chi connectivity index (χ2v) is 6.96. The van der Waals surface area contributed by atoms with E-state index in [1.54, 1.807) is 0 Å². The lowest BCUT2D eigenvalue weighted by Gasteiger charge is -2.25. The van der Waals surface area contributed by atoms with Gasteiger partial charge in [-0.05, 0) is 30.7 Å². The Morgan fingerprint density at radius 1 is 1.12 bits per heavy atom. The maximum atomic E-state index is 6.35. The molecule has 0 atom stereocenters. The fourth-order valence-corrected chi connectivity index (χ4v) is 2.96. The van der Waals surface area contributed by atoms with E-state index in [1.165, 1.54) is 0 Å². The third kappa shape index (κ3) is 6.05. The predicted octanol–water partition coefficient (Wildman–Crippen LogP) is 3.81. The molecule has 2 rings (SSSR count). The Balaban J connectivity index is 1.97. The van der Waals surface area contributed by atoms with E-state index in [-0.39, 0.29) is 5.41 Å². The molecule has 2 aromatic rings. The summed E-state index contributed by atoms with van der Waals surface area (Å²) >= 11 is 6.35. The molecule has 5 heteroatoms. The molecule has 0 bridgehead atoms. The first-order valence-corrected chi connectivity index (χ1v) is 9.08. The zero-order valence-electron chi connectivity index (χ0n) is 15.2. The van der Waals surface area contributed by atoms with E-state index in [0.717, 1.165) is 41.7 Å². The fourth-order valence-electron chi connectivity index (χ4n) is 2.57. The van der Waals surface area contributed by atoms with Gasteiger partial charge in [-0.1, -0.05) is 49.7 Å². The predicted molar refractivity (Wildman–Crippen MR) is 106 cm³/mol. The van der Waals surface area contributed by atoms with Crippen LogP contribution in [0.25, 0.3) is 0 Å². The summed E-state index contributed by atoms with van der Waals surface area (Å²) in [5.41, 5.74) is 2.05. The summed E-state index contributed by atoms with van der Waals surface area (Å²) in [7, 11) is 0. The summed E-state index contributed by atoms with van der Waals surface area (Å²) in [6.45, 7) is 8.65. The van der Waals surface area contributed by atoms with Gasteiger partial charge >= 0.3 is 0 Å². The van der Waals surface area contributed by atoms with Crippen LogP contribution in [-0.4, -0.2) is 30.6 Å². The average molecular weight is 359 g/mol. The number of benzene rings is 1. The Morgan fingerprint density at radius 2 is 1.88 bits per heavy atom. The number of rotatable bonds is 7. The number of hydrogen-bond donors (Lipinski definition) is 2. The number of hydrogen-bond acceptors (Lipinski definition) is 2. The molecule has 1 aromatic heterocycles. The first-order valence-electron chi connectivity index (χ1n) is 8.70. The quantitative estimate of drug-likeness (QED) is 0.584. The maximum Gasteiger partial charge on any atom is 0.191 e. The first-order chi connectivity index (χ1) is 12.0. The minimum atomic E-state index is -0.137. The minimum absolute atomic E-state index is 0.137. The number of halogens is 1. The van der Waals surface area contributed by atoms with Crippen molar-refractivity contribution in [1.29, 1.82) is 0 Å². The van der Waals surface area contributed by atoms with E-state index in [4.69, 9.17) is 16.6 Å². The molecule has 0 saturated heterocycles. The van der Waals surface area contributed by atoms with Crippen LogP contribution in [0.2, 0.25) is 5.02 Å². The van der Waals surface area contributed by atoms with Crippen LogP contribution in [0.5, 0.6) is 0 Å². The van der Waals surface area contributed by atoms with Crippen molar-refractivity contribution in [2.24, 2.45) is 4.99 Å². The van der Waals surface area contributed by atoms with Crippen molar-refractivity contribution >= 4 is 17.6 Å². The van der Waals surface area contributed by atoms with Gasteiger partial charge in [0.15, 0.2) is 5.96 Å². The molecule has 0 amide bonds. The molecule has 1 aromatic carbocycles.